The molecule has 0 aliphatic carbocycles. The summed E-state index contributed by atoms with van der Waals surface area (Å²) in [6.07, 6.45) is 1.46. The molecule has 5 heteroatoms. The summed E-state index contributed by atoms with van der Waals surface area (Å²) in [7, 11) is 0. The Hall–Kier alpha value is -1.72. The molecule has 126 valence electrons. The van der Waals surface area contributed by atoms with Crippen molar-refractivity contribution in [3.63, 3.8) is 0 Å². The third-order valence-electron chi connectivity index (χ3n) is 3.66. The maximum atomic E-state index is 12.1. The lowest BCUT2D eigenvalue weighted by Crippen LogP contribution is -2.35. The number of aromatic nitrogens is 2. The zero-order valence-corrected chi connectivity index (χ0v) is 14.3. The fourth-order valence-electron chi connectivity index (χ4n) is 2.75. The third kappa shape index (κ3) is 5.44. The topological polar surface area (TPSA) is 69.2 Å². The molecule has 2 rings (SSSR count). The average Bonchev–Trinajstić information content (AvgIpc) is 2.49. The number of aliphatic hydroxyl groups is 1. The van der Waals surface area contributed by atoms with Gasteiger partial charge in [-0.15, -0.1) is 0 Å². The molecule has 0 bridgehead atoms. The Labute approximate surface area is 137 Å². The van der Waals surface area contributed by atoms with Gasteiger partial charge < -0.3 is 15.0 Å². The number of para-hydroxylation sites is 1. The van der Waals surface area contributed by atoms with Crippen molar-refractivity contribution in [1.82, 2.24) is 14.9 Å². The maximum Gasteiger partial charge on any atom is 0.258 e. The van der Waals surface area contributed by atoms with E-state index in [1.807, 2.05) is 18.2 Å². The molecule has 0 radical (unpaired) electrons. The number of nitrogens with zero attached hydrogens (tertiary/aromatic N) is 2. The molecule has 1 aromatic heterocycles. The first-order valence-corrected chi connectivity index (χ1v) is 8.20. The van der Waals surface area contributed by atoms with E-state index in [4.69, 9.17) is 5.11 Å². The fourth-order valence-corrected chi connectivity index (χ4v) is 2.75. The van der Waals surface area contributed by atoms with Gasteiger partial charge in [-0.3, -0.25) is 4.79 Å². The second-order valence-electron chi connectivity index (χ2n) is 7.19. The molecule has 5 nitrogen and oxygen atoms in total. The van der Waals surface area contributed by atoms with Crippen LogP contribution in [0.15, 0.2) is 29.1 Å². The predicted molar refractivity (Wildman–Crippen MR) is 93.7 cm³/mol. The summed E-state index contributed by atoms with van der Waals surface area (Å²) < 4.78 is 0. The van der Waals surface area contributed by atoms with Crippen LogP contribution in [-0.4, -0.2) is 46.2 Å². The summed E-state index contributed by atoms with van der Waals surface area (Å²) in [4.78, 5) is 21.9. The number of fused-ring (bicyclic) bond motifs is 1. The van der Waals surface area contributed by atoms with Crippen LogP contribution in [-0.2, 0) is 6.42 Å². The Morgan fingerprint density at radius 1 is 1.22 bits per heavy atom. The quantitative estimate of drug-likeness (QED) is 0.821. The Balaban J connectivity index is 2.09. The molecule has 2 N–H and O–H groups in total. The van der Waals surface area contributed by atoms with Gasteiger partial charge in [0.2, 0.25) is 0 Å². The minimum Gasteiger partial charge on any atom is -0.396 e. The summed E-state index contributed by atoms with van der Waals surface area (Å²) in [5.74, 6) is 0.719. The minimum atomic E-state index is -0.0803. The van der Waals surface area contributed by atoms with E-state index in [-0.39, 0.29) is 17.6 Å². The third-order valence-corrected chi connectivity index (χ3v) is 3.66. The Kier molecular flexibility index (Phi) is 5.91. The molecule has 0 atom stereocenters. The van der Waals surface area contributed by atoms with Crippen molar-refractivity contribution in [3.8, 4) is 0 Å². The zero-order chi connectivity index (χ0) is 16.9. The molecule has 0 aliphatic rings. The van der Waals surface area contributed by atoms with Crippen LogP contribution in [0.5, 0.6) is 0 Å². The van der Waals surface area contributed by atoms with E-state index in [1.54, 1.807) is 6.07 Å². The van der Waals surface area contributed by atoms with Gasteiger partial charge >= 0.3 is 0 Å². The number of aromatic amines is 1. The first-order valence-electron chi connectivity index (χ1n) is 8.20. The molecule has 0 amide bonds. The molecule has 0 unspecified atom stereocenters. The maximum absolute atomic E-state index is 12.1. The van der Waals surface area contributed by atoms with Crippen molar-refractivity contribution < 1.29 is 5.11 Å². The van der Waals surface area contributed by atoms with Gasteiger partial charge in [0.05, 0.1) is 10.9 Å². The number of aliphatic hydroxyl groups excluding tert-OH is 1. The number of benzene rings is 1. The van der Waals surface area contributed by atoms with E-state index in [9.17, 15) is 4.79 Å². The largest absolute Gasteiger partial charge is 0.396 e. The minimum absolute atomic E-state index is 0.0803. The van der Waals surface area contributed by atoms with E-state index in [0.717, 1.165) is 37.4 Å². The lowest BCUT2D eigenvalue weighted by atomic mass is 9.96. The summed E-state index contributed by atoms with van der Waals surface area (Å²) >= 11 is 0. The summed E-state index contributed by atoms with van der Waals surface area (Å²) in [5.41, 5.74) is 0.854. The van der Waals surface area contributed by atoms with Gasteiger partial charge in [-0.25, -0.2) is 4.98 Å². The van der Waals surface area contributed by atoms with Gasteiger partial charge in [-0.2, -0.15) is 0 Å². The number of H-pyrrole nitrogens is 1. The highest BCUT2D eigenvalue weighted by molar-refractivity contribution is 5.77. The van der Waals surface area contributed by atoms with Gasteiger partial charge in [0.1, 0.15) is 5.82 Å². The SMILES string of the molecule is CC(C)(C)CN(CCCO)CCc1nc2ccccc2c(=O)[nH]1. The number of rotatable bonds is 7. The first kappa shape index (κ1) is 17.6. The molecule has 0 saturated heterocycles. The number of hydrogen-bond donors (Lipinski definition) is 2. The fraction of sp³-hybridized carbons (Fsp3) is 0.556. The van der Waals surface area contributed by atoms with Crippen molar-refractivity contribution in [3.05, 3.63) is 40.4 Å². The lowest BCUT2D eigenvalue weighted by molar-refractivity contribution is 0.173. The van der Waals surface area contributed by atoms with Crippen LogP contribution in [0.3, 0.4) is 0 Å². The highest BCUT2D eigenvalue weighted by Crippen LogP contribution is 2.15. The molecular formula is C18H27N3O2. The van der Waals surface area contributed by atoms with Gasteiger partial charge in [0.25, 0.3) is 5.56 Å². The number of nitrogens with one attached hydrogen (secondary N) is 1. The molecule has 0 spiro atoms. The smallest absolute Gasteiger partial charge is 0.258 e. The monoisotopic (exact) mass is 317 g/mol. The molecule has 0 aliphatic heterocycles. The Morgan fingerprint density at radius 3 is 2.65 bits per heavy atom. The van der Waals surface area contributed by atoms with Crippen LogP contribution in [0.2, 0.25) is 0 Å². The lowest BCUT2D eigenvalue weighted by Gasteiger charge is -2.29. The van der Waals surface area contributed by atoms with Crippen LogP contribution in [0.4, 0.5) is 0 Å². The van der Waals surface area contributed by atoms with E-state index >= 15 is 0 Å². The predicted octanol–water partition coefficient (Wildman–Crippen LogP) is 2.20. The standard InChI is InChI=1S/C18H27N3O2/c1-18(2,3)13-21(10-6-12-22)11-9-16-19-15-8-5-4-7-14(15)17(23)20-16/h4-5,7-8,22H,6,9-13H2,1-3H3,(H,19,20,23). The highest BCUT2D eigenvalue weighted by Gasteiger charge is 2.16. The summed E-state index contributed by atoms with van der Waals surface area (Å²) in [6.45, 7) is 9.43. The number of hydrogen-bond acceptors (Lipinski definition) is 4. The molecule has 2 aromatic rings. The molecule has 1 heterocycles. The van der Waals surface area contributed by atoms with Crippen molar-refractivity contribution in [2.45, 2.75) is 33.6 Å². The second-order valence-corrected chi connectivity index (χ2v) is 7.19. The van der Waals surface area contributed by atoms with Crippen LogP contribution >= 0.6 is 0 Å². The van der Waals surface area contributed by atoms with Crippen molar-refractivity contribution in [1.29, 1.82) is 0 Å². The summed E-state index contributed by atoms with van der Waals surface area (Å²) in [6, 6.07) is 7.40. The Morgan fingerprint density at radius 2 is 1.96 bits per heavy atom. The van der Waals surface area contributed by atoms with Crippen molar-refractivity contribution in [2.75, 3.05) is 26.2 Å². The molecule has 1 aromatic carbocycles. The van der Waals surface area contributed by atoms with Gasteiger partial charge in [-0.1, -0.05) is 32.9 Å². The van der Waals surface area contributed by atoms with Crippen molar-refractivity contribution >= 4 is 10.9 Å². The van der Waals surface area contributed by atoms with E-state index in [0.29, 0.717) is 11.8 Å². The van der Waals surface area contributed by atoms with Crippen LogP contribution < -0.4 is 5.56 Å². The van der Waals surface area contributed by atoms with Gasteiger partial charge in [0, 0.05) is 32.7 Å². The first-order chi connectivity index (χ1) is 10.9. The van der Waals surface area contributed by atoms with Crippen LogP contribution in [0.25, 0.3) is 10.9 Å². The Bertz CT molecular complexity index is 688. The molecule has 0 saturated carbocycles. The average molecular weight is 317 g/mol. The molecule has 0 fully saturated rings. The van der Waals surface area contributed by atoms with E-state index in [2.05, 4.69) is 35.6 Å². The van der Waals surface area contributed by atoms with Gasteiger partial charge in [0.15, 0.2) is 0 Å². The van der Waals surface area contributed by atoms with Gasteiger partial charge in [-0.05, 0) is 24.0 Å². The second kappa shape index (κ2) is 7.70. The van der Waals surface area contributed by atoms with Crippen LogP contribution in [0, 0.1) is 5.41 Å². The normalized spacial score (nSPS) is 12.2. The highest BCUT2D eigenvalue weighted by atomic mass is 16.3. The summed E-state index contributed by atoms with van der Waals surface area (Å²) in [5, 5.41) is 9.69. The molecule has 23 heavy (non-hydrogen) atoms. The van der Waals surface area contributed by atoms with E-state index in [1.165, 1.54) is 0 Å². The van der Waals surface area contributed by atoms with Crippen LogP contribution in [0.1, 0.15) is 33.0 Å². The van der Waals surface area contributed by atoms with Crippen molar-refractivity contribution in [2.24, 2.45) is 5.41 Å². The zero-order valence-electron chi connectivity index (χ0n) is 14.3. The van der Waals surface area contributed by atoms with E-state index < -0.39 is 0 Å². The molecular weight excluding hydrogens is 290 g/mol.